The summed E-state index contributed by atoms with van der Waals surface area (Å²) in [4.78, 5) is 0. The molecule has 1 unspecified atom stereocenters. The molecule has 0 aromatic rings. The van der Waals surface area contributed by atoms with E-state index in [0.717, 1.165) is 12.8 Å². The van der Waals surface area contributed by atoms with Gasteiger partial charge in [0.25, 0.3) is 0 Å². The first-order valence-corrected chi connectivity index (χ1v) is 9.72. The summed E-state index contributed by atoms with van der Waals surface area (Å²) < 4.78 is 28.2. The zero-order valence-corrected chi connectivity index (χ0v) is 17.8. The van der Waals surface area contributed by atoms with Crippen molar-refractivity contribution in [2.24, 2.45) is 5.92 Å². The van der Waals surface area contributed by atoms with Crippen LogP contribution in [0, 0.1) is 5.92 Å². The second-order valence-corrected chi connectivity index (χ2v) is 8.12. The van der Waals surface area contributed by atoms with Gasteiger partial charge in [-0.3, -0.25) is 0 Å². The predicted octanol–water partition coefficient (Wildman–Crippen LogP) is 3.11. The van der Waals surface area contributed by atoms with E-state index in [9.17, 15) is 0 Å². The lowest BCUT2D eigenvalue weighted by molar-refractivity contribution is -0.130. The molecule has 144 valence electrons. The van der Waals surface area contributed by atoms with E-state index >= 15 is 0 Å². The van der Waals surface area contributed by atoms with Crippen molar-refractivity contribution in [1.29, 1.82) is 0 Å². The van der Waals surface area contributed by atoms with Crippen LogP contribution in [0.4, 0.5) is 0 Å². The van der Waals surface area contributed by atoms with Gasteiger partial charge in [0.15, 0.2) is 0 Å². The first-order valence-electron chi connectivity index (χ1n) is 8.53. The fourth-order valence-corrected chi connectivity index (χ4v) is 3.09. The highest BCUT2D eigenvalue weighted by atomic mass is 32.1. The number of allylic oxidation sites excluding steroid dienone is 2. The van der Waals surface area contributed by atoms with Crippen molar-refractivity contribution < 1.29 is 23.6 Å². The van der Waals surface area contributed by atoms with E-state index in [0.29, 0.717) is 6.61 Å². The maximum Gasteiger partial charge on any atom is 0.380 e. The molecular weight excluding hydrogens is 358 g/mol. The highest BCUT2D eigenvalue weighted by Gasteiger charge is 2.57. The van der Waals surface area contributed by atoms with E-state index in [1.54, 1.807) is 14.2 Å². The second-order valence-electron chi connectivity index (χ2n) is 6.44. The third kappa shape index (κ3) is 7.71. The maximum absolute atomic E-state index is 5.93. The van der Waals surface area contributed by atoms with Gasteiger partial charge < -0.3 is 23.6 Å². The summed E-state index contributed by atoms with van der Waals surface area (Å²) in [5, 5.41) is 0. The van der Waals surface area contributed by atoms with E-state index in [-0.39, 0.29) is 42.5 Å². The fraction of sp³-hybridized carbons (Fsp3) is 0.765. The first-order chi connectivity index (χ1) is 11.9. The minimum atomic E-state index is -0.323. The molecule has 8 heteroatoms. The van der Waals surface area contributed by atoms with Crippen molar-refractivity contribution in [3.63, 3.8) is 0 Å². The lowest BCUT2D eigenvalue weighted by Crippen LogP contribution is -2.40. The Morgan fingerprint density at radius 2 is 2.12 bits per heavy atom. The highest BCUT2D eigenvalue weighted by molar-refractivity contribution is 8.23. The van der Waals surface area contributed by atoms with Crippen LogP contribution in [0.1, 0.15) is 26.7 Å². The van der Waals surface area contributed by atoms with Gasteiger partial charge in [-0.05, 0) is 19.8 Å². The SMILES string of the molecule is C=CCC/C=C/[C@H](OC)[C@@H](OCOC)[C@H](C)[C@H]1O[C@@]1(C)COB(P)S. The van der Waals surface area contributed by atoms with Crippen LogP contribution in [0.2, 0.25) is 0 Å². The molecule has 0 spiro atoms. The highest BCUT2D eigenvalue weighted by Crippen LogP contribution is 2.44. The van der Waals surface area contributed by atoms with Crippen LogP contribution in [0.3, 0.4) is 0 Å². The van der Waals surface area contributed by atoms with Crippen LogP contribution in [-0.2, 0) is 23.6 Å². The van der Waals surface area contributed by atoms with E-state index in [2.05, 4.69) is 41.2 Å². The number of rotatable bonds is 14. The second kappa shape index (κ2) is 11.8. The number of hydrogen-bond acceptors (Lipinski definition) is 6. The van der Waals surface area contributed by atoms with Gasteiger partial charge in [0.2, 0.25) is 0 Å². The Morgan fingerprint density at radius 3 is 2.68 bits per heavy atom. The molecule has 1 aliphatic rings. The Hall–Kier alpha value is 0.125. The van der Waals surface area contributed by atoms with Crippen LogP contribution < -0.4 is 0 Å². The Morgan fingerprint density at radius 1 is 1.40 bits per heavy atom. The average molecular weight is 390 g/mol. The van der Waals surface area contributed by atoms with Crippen LogP contribution >= 0.6 is 21.6 Å². The van der Waals surface area contributed by atoms with Crippen LogP contribution in [-0.4, -0.2) is 57.4 Å². The monoisotopic (exact) mass is 390 g/mol. The van der Waals surface area contributed by atoms with Gasteiger partial charge in [0.1, 0.15) is 18.5 Å². The average Bonchev–Trinajstić information content (AvgIpc) is 3.27. The molecule has 0 bridgehead atoms. The Balaban J connectivity index is 2.72. The van der Waals surface area contributed by atoms with Crippen molar-refractivity contribution in [1.82, 2.24) is 0 Å². The van der Waals surface area contributed by atoms with E-state index in [1.165, 1.54) is 0 Å². The molecule has 0 aromatic heterocycles. The quantitative estimate of drug-likeness (QED) is 0.0940. The van der Waals surface area contributed by atoms with Gasteiger partial charge in [0, 0.05) is 20.1 Å². The lowest BCUT2D eigenvalue weighted by atomic mass is 9.90. The minimum absolute atomic E-state index is 0.0330. The van der Waals surface area contributed by atoms with Crippen molar-refractivity contribution in [2.45, 2.75) is 50.6 Å². The Kier molecular flexibility index (Phi) is 10.9. The molecule has 1 heterocycles. The van der Waals surface area contributed by atoms with E-state index < -0.39 is 0 Å². The number of hydrogen-bond donors (Lipinski definition) is 1. The third-order valence-corrected chi connectivity index (χ3v) is 4.66. The maximum atomic E-state index is 5.93. The Bertz CT molecular complexity index is 426. The molecule has 1 fully saturated rings. The molecule has 1 saturated heterocycles. The summed E-state index contributed by atoms with van der Waals surface area (Å²) in [6.45, 7) is 8.59. The van der Waals surface area contributed by atoms with Gasteiger partial charge in [-0.15, -0.1) is 15.7 Å². The lowest BCUT2D eigenvalue weighted by Gasteiger charge is -2.29. The number of epoxide rings is 1. The molecule has 6 atom stereocenters. The molecule has 0 radical (unpaired) electrons. The van der Waals surface area contributed by atoms with Crippen molar-refractivity contribution in [2.75, 3.05) is 27.6 Å². The number of thiol groups is 1. The molecule has 0 aromatic carbocycles. The molecule has 0 amide bonds. The van der Waals surface area contributed by atoms with Crippen molar-refractivity contribution >= 4 is 27.5 Å². The van der Waals surface area contributed by atoms with Crippen molar-refractivity contribution in [3.8, 4) is 0 Å². The number of unbranched alkanes of at least 4 members (excludes halogenated alkanes) is 1. The third-order valence-electron chi connectivity index (χ3n) is 4.31. The molecule has 0 N–H and O–H groups in total. The number of methoxy groups -OCH3 is 2. The molecule has 25 heavy (non-hydrogen) atoms. The summed E-state index contributed by atoms with van der Waals surface area (Å²) in [6.07, 6.45) is 7.58. The number of ether oxygens (including phenoxy) is 4. The zero-order valence-electron chi connectivity index (χ0n) is 15.7. The molecule has 0 saturated carbocycles. The summed E-state index contributed by atoms with van der Waals surface area (Å²) in [6, 6.07) is 0. The Labute approximate surface area is 160 Å². The van der Waals surface area contributed by atoms with E-state index in [1.807, 2.05) is 19.1 Å². The first kappa shape index (κ1) is 23.2. The largest absolute Gasteiger partial charge is 0.419 e. The minimum Gasteiger partial charge on any atom is -0.419 e. The molecule has 1 rings (SSSR count). The molecule has 0 aliphatic carbocycles. The fourth-order valence-electron chi connectivity index (χ4n) is 2.92. The smallest absolute Gasteiger partial charge is 0.380 e. The van der Waals surface area contributed by atoms with Gasteiger partial charge in [-0.2, -0.15) is 12.5 Å². The van der Waals surface area contributed by atoms with Gasteiger partial charge in [-0.1, -0.05) is 25.2 Å². The predicted molar refractivity (Wildman–Crippen MR) is 109 cm³/mol. The van der Waals surface area contributed by atoms with Crippen LogP contribution in [0.15, 0.2) is 24.8 Å². The van der Waals surface area contributed by atoms with Crippen molar-refractivity contribution in [3.05, 3.63) is 24.8 Å². The van der Waals surface area contributed by atoms with Gasteiger partial charge >= 0.3 is 5.91 Å². The van der Waals surface area contributed by atoms with E-state index in [4.69, 9.17) is 23.6 Å². The molecule has 5 nitrogen and oxygen atoms in total. The zero-order chi connectivity index (χ0) is 18.9. The van der Waals surface area contributed by atoms with Gasteiger partial charge in [0.05, 0.1) is 18.8 Å². The van der Waals surface area contributed by atoms with Gasteiger partial charge in [-0.25, -0.2) is 0 Å². The van der Waals surface area contributed by atoms with Crippen LogP contribution in [0.25, 0.3) is 0 Å². The summed E-state index contributed by atoms with van der Waals surface area (Å²) in [5.74, 6) is -0.0855. The summed E-state index contributed by atoms with van der Waals surface area (Å²) >= 11 is 4.22. The summed E-state index contributed by atoms with van der Waals surface area (Å²) in [5.41, 5.74) is -0.323. The standard InChI is InChI=1S/C17H32BO5PS/c1-6-7-8-9-10-14(20-5)15(21-12-19-4)13(2)16-17(3,23-16)11-22-18(24)25/h6,9-10,13-16,25H,1,7-8,11-12,24H2,2-5H3/b10-9+/t13-,14-,15-,16+,17-/m0/s1. The summed E-state index contributed by atoms with van der Waals surface area (Å²) in [7, 11) is 5.80. The normalized spacial score (nSPS) is 26.4. The molecule has 1 aliphatic heterocycles. The van der Waals surface area contributed by atoms with Crippen LogP contribution in [0.5, 0.6) is 0 Å². The molecular formula is C17H32BO5PS. The topological polar surface area (TPSA) is 49.5 Å².